The Hall–Kier alpha value is -2.37. The third-order valence-corrected chi connectivity index (χ3v) is 2.56. The molecule has 0 bridgehead atoms. The highest BCUT2D eigenvalue weighted by molar-refractivity contribution is 5.80. The van der Waals surface area contributed by atoms with Crippen molar-refractivity contribution in [3.8, 4) is 0 Å². The molecule has 0 heterocycles. The quantitative estimate of drug-likeness (QED) is 0.496. The van der Waals surface area contributed by atoms with Gasteiger partial charge in [0.05, 0.1) is 17.6 Å². The number of hydrogen-bond donors (Lipinski definition) is 2. The van der Waals surface area contributed by atoms with Crippen LogP contribution in [-0.4, -0.2) is 29.9 Å². The first-order valence-corrected chi connectivity index (χ1v) is 7.04. The van der Waals surface area contributed by atoms with Crippen molar-refractivity contribution in [1.82, 2.24) is 5.32 Å². The van der Waals surface area contributed by atoms with Crippen LogP contribution < -0.4 is 11.1 Å². The average Bonchev–Trinajstić information content (AvgIpc) is 2.37. The van der Waals surface area contributed by atoms with Crippen molar-refractivity contribution in [3.05, 3.63) is 29.8 Å². The van der Waals surface area contributed by atoms with Crippen LogP contribution >= 0.6 is 0 Å². The van der Waals surface area contributed by atoms with E-state index in [0.717, 1.165) is 11.3 Å². The van der Waals surface area contributed by atoms with E-state index in [1.165, 1.54) is 0 Å². The number of carbonyl (C=O) groups excluding carboxylic acids is 2. The van der Waals surface area contributed by atoms with Crippen LogP contribution in [0.2, 0.25) is 0 Å². The minimum atomic E-state index is -0.638. The van der Waals surface area contributed by atoms with Gasteiger partial charge in [0.15, 0.2) is 0 Å². The molecule has 0 aliphatic carbocycles. The van der Waals surface area contributed by atoms with Crippen LogP contribution in [0.1, 0.15) is 33.3 Å². The third kappa shape index (κ3) is 6.88. The van der Waals surface area contributed by atoms with Crippen molar-refractivity contribution >= 4 is 23.9 Å². The maximum atomic E-state index is 11.7. The smallest absolute Gasteiger partial charge is 0.408 e. The number of benzene rings is 1. The minimum absolute atomic E-state index is 0.383. The molecule has 0 aliphatic rings. The lowest BCUT2D eigenvalue weighted by Gasteiger charge is -2.21. The number of aliphatic imine (C=N–C) groups is 1. The molecule has 22 heavy (non-hydrogen) atoms. The predicted octanol–water partition coefficient (Wildman–Crippen LogP) is 2.33. The number of nitrogens with one attached hydrogen (secondary N) is 1. The lowest BCUT2D eigenvalue weighted by atomic mass is 10.1. The number of nitrogens with zero attached hydrogens (tertiary/aromatic N) is 1. The Labute approximate surface area is 130 Å². The highest BCUT2D eigenvalue weighted by atomic mass is 16.6. The first kappa shape index (κ1) is 17.7. The Morgan fingerprint density at radius 2 is 1.95 bits per heavy atom. The Morgan fingerprint density at radius 3 is 2.41 bits per heavy atom. The first-order chi connectivity index (χ1) is 10.2. The Morgan fingerprint density at radius 1 is 1.36 bits per heavy atom. The van der Waals surface area contributed by atoms with Gasteiger partial charge in [0.1, 0.15) is 11.9 Å². The van der Waals surface area contributed by atoms with Crippen LogP contribution in [0.4, 0.5) is 10.5 Å². The number of ether oxygens (including phenoxy) is 1. The van der Waals surface area contributed by atoms with Crippen molar-refractivity contribution in [2.75, 3.05) is 0 Å². The molecule has 1 unspecified atom stereocenters. The van der Waals surface area contributed by atoms with Gasteiger partial charge in [-0.2, -0.15) is 0 Å². The third-order valence-electron chi connectivity index (χ3n) is 2.56. The van der Waals surface area contributed by atoms with Gasteiger partial charge in [-0.25, -0.2) is 9.79 Å². The van der Waals surface area contributed by atoms with Gasteiger partial charge < -0.3 is 20.6 Å². The standard InChI is InChI=1S/C16H23N3O3/c1-11(17)18-13-7-5-12(6-8-13)9-14(10-20)19-15(21)22-16(2,3)4/h5-8,10,14H,9H2,1-4H3,(H2,17,18)(H,19,21). The van der Waals surface area contributed by atoms with Crippen molar-refractivity contribution in [1.29, 1.82) is 0 Å². The summed E-state index contributed by atoms with van der Waals surface area (Å²) in [6.45, 7) is 7.00. The van der Waals surface area contributed by atoms with Crippen LogP contribution in [-0.2, 0) is 16.0 Å². The fraction of sp³-hybridized carbons (Fsp3) is 0.438. The van der Waals surface area contributed by atoms with E-state index in [1.807, 2.05) is 12.1 Å². The highest BCUT2D eigenvalue weighted by Crippen LogP contribution is 2.14. The Kier molecular flexibility index (Phi) is 6.10. The summed E-state index contributed by atoms with van der Waals surface area (Å²) in [7, 11) is 0. The lowest BCUT2D eigenvalue weighted by Crippen LogP contribution is -2.41. The molecule has 1 aromatic carbocycles. The van der Waals surface area contributed by atoms with Gasteiger partial charge in [-0.15, -0.1) is 0 Å². The number of nitrogens with two attached hydrogens (primary N) is 1. The molecule has 120 valence electrons. The van der Waals surface area contributed by atoms with Crippen LogP contribution in [0.3, 0.4) is 0 Å². The summed E-state index contributed by atoms with van der Waals surface area (Å²) in [5, 5.41) is 2.54. The zero-order valence-corrected chi connectivity index (χ0v) is 13.4. The van der Waals surface area contributed by atoms with Crippen molar-refractivity contribution < 1.29 is 14.3 Å². The molecule has 0 saturated heterocycles. The van der Waals surface area contributed by atoms with E-state index >= 15 is 0 Å². The Bertz CT molecular complexity index is 541. The molecule has 1 rings (SSSR count). The lowest BCUT2D eigenvalue weighted by molar-refractivity contribution is -0.109. The monoisotopic (exact) mass is 305 g/mol. The second-order valence-electron chi connectivity index (χ2n) is 6.01. The summed E-state index contributed by atoms with van der Waals surface area (Å²) in [5.41, 5.74) is 6.56. The largest absolute Gasteiger partial charge is 0.444 e. The van der Waals surface area contributed by atoms with Gasteiger partial charge in [-0.3, -0.25) is 0 Å². The molecule has 0 radical (unpaired) electrons. The van der Waals surface area contributed by atoms with E-state index in [1.54, 1.807) is 39.8 Å². The highest BCUT2D eigenvalue weighted by Gasteiger charge is 2.19. The van der Waals surface area contributed by atoms with Crippen molar-refractivity contribution in [2.24, 2.45) is 10.7 Å². The summed E-state index contributed by atoms with van der Waals surface area (Å²) in [6.07, 6.45) is 0.471. The molecule has 1 atom stereocenters. The van der Waals surface area contributed by atoms with Crippen molar-refractivity contribution in [3.63, 3.8) is 0 Å². The zero-order valence-electron chi connectivity index (χ0n) is 13.4. The first-order valence-electron chi connectivity index (χ1n) is 7.04. The summed E-state index contributed by atoms with van der Waals surface area (Å²) in [6, 6.07) is 6.66. The topological polar surface area (TPSA) is 93.8 Å². The molecular weight excluding hydrogens is 282 g/mol. The van der Waals surface area contributed by atoms with Gasteiger partial charge in [0.25, 0.3) is 0 Å². The maximum absolute atomic E-state index is 11.7. The molecule has 6 nitrogen and oxygen atoms in total. The number of carbonyl (C=O) groups is 2. The molecule has 0 spiro atoms. The SMILES string of the molecule is CC(N)=Nc1ccc(CC(C=O)NC(=O)OC(C)(C)C)cc1. The van der Waals surface area contributed by atoms with Gasteiger partial charge in [0.2, 0.25) is 0 Å². The molecule has 0 fully saturated rings. The second kappa shape index (κ2) is 7.59. The van der Waals surface area contributed by atoms with Crippen molar-refractivity contribution in [2.45, 2.75) is 45.8 Å². The van der Waals surface area contributed by atoms with Crippen LogP contribution in [0, 0.1) is 0 Å². The van der Waals surface area contributed by atoms with E-state index in [0.29, 0.717) is 18.5 Å². The molecule has 1 aromatic rings. The van der Waals surface area contributed by atoms with E-state index in [-0.39, 0.29) is 0 Å². The van der Waals surface area contributed by atoms with E-state index in [4.69, 9.17) is 10.5 Å². The minimum Gasteiger partial charge on any atom is -0.444 e. The fourth-order valence-electron chi connectivity index (χ4n) is 1.76. The molecule has 6 heteroatoms. The van der Waals surface area contributed by atoms with E-state index in [2.05, 4.69) is 10.3 Å². The number of amidine groups is 1. The molecular formula is C16H23N3O3. The second-order valence-corrected chi connectivity index (χ2v) is 6.01. The molecule has 1 amide bonds. The summed E-state index contributed by atoms with van der Waals surface area (Å²) in [4.78, 5) is 26.9. The van der Waals surface area contributed by atoms with Crippen LogP contribution in [0.25, 0.3) is 0 Å². The summed E-state index contributed by atoms with van der Waals surface area (Å²) >= 11 is 0. The van der Waals surface area contributed by atoms with Crippen LogP contribution in [0.5, 0.6) is 0 Å². The maximum Gasteiger partial charge on any atom is 0.408 e. The van der Waals surface area contributed by atoms with Gasteiger partial charge >= 0.3 is 6.09 Å². The fourth-order valence-corrected chi connectivity index (χ4v) is 1.76. The van der Waals surface area contributed by atoms with Gasteiger partial charge in [-0.1, -0.05) is 12.1 Å². The summed E-state index contributed by atoms with van der Waals surface area (Å²) in [5.74, 6) is 0.477. The van der Waals surface area contributed by atoms with Gasteiger partial charge in [-0.05, 0) is 51.8 Å². The summed E-state index contributed by atoms with van der Waals surface area (Å²) < 4.78 is 5.13. The van der Waals surface area contributed by atoms with E-state index < -0.39 is 17.7 Å². The number of alkyl carbamates (subject to hydrolysis) is 1. The van der Waals surface area contributed by atoms with Crippen LogP contribution in [0.15, 0.2) is 29.3 Å². The number of aldehydes is 1. The molecule has 0 saturated carbocycles. The molecule has 0 aliphatic heterocycles. The van der Waals surface area contributed by atoms with Gasteiger partial charge in [0, 0.05) is 0 Å². The zero-order chi connectivity index (χ0) is 16.8. The number of hydrogen-bond acceptors (Lipinski definition) is 4. The Balaban J connectivity index is 2.64. The normalized spacial score (nSPS) is 13.4. The van der Waals surface area contributed by atoms with E-state index in [9.17, 15) is 9.59 Å². The average molecular weight is 305 g/mol. The number of amides is 1. The molecule has 3 N–H and O–H groups in total. The number of rotatable bonds is 5. The predicted molar refractivity (Wildman–Crippen MR) is 86.3 cm³/mol. The molecule has 0 aromatic heterocycles.